The van der Waals surface area contributed by atoms with E-state index in [1.165, 1.54) is 0 Å². The van der Waals surface area contributed by atoms with Crippen LogP contribution >= 0.6 is 0 Å². The van der Waals surface area contributed by atoms with Gasteiger partial charge in [-0.1, -0.05) is 47.1 Å². The molecule has 2 heterocycles. The number of ether oxygens (including phenoxy) is 1. The summed E-state index contributed by atoms with van der Waals surface area (Å²) in [4.78, 5) is 12.9. The van der Waals surface area contributed by atoms with Crippen molar-refractivity contribution in [3.8, 4) is 5.75 Å². The van der Waals surface area contributed by atoms with Crippen molar-refractivity contribution in [1.82, 2.24) is 4.57 Å². The van der Waals surface area contributed by atoms with Crippen molar-refractivity contribution in [2.45, 2.75) is 12.8 Å². The molecule has 3 aromatic rings. The van der Waals surface area contributed by atoms with Gasteiger partial charge in [0.25, 0.3) is 5.56 Å². The largest absolute Gasteiger partial charge is 0.438 e. The van der Waals surface area contributed by atoms with Gasteiger partial charge in [-0.05, 0) is 24.6 Å². The number of aryl methyl sites for hydroxylation is 2. The molecule has 2 aromatic carbocycles. The minimum absolute atomic E-state index is 0.127. The van der Waals surface area contributed by atoms with E-state index in [9.17, 15) is 10.0 Å². The molecule has 0 aliphatic carbocycles. The minimum atomic E-state index is -0.506. The molecule has 0 fully saturated rings. The van der Waals surface area contributed by atoms with E-state index in [4.69, 9.17) is 4.74 Å². The van der Waals surface area contributed by atoms with E-state index < -0.39 is 5.92 Å². The summed E-state index contributed by atoms with van der Waals surface area (Å²) in [6.45, 7) is 2.00. The van der Waals surface area contributed by atoms with Crippen molar-refractivity contribution in [3.63, 3.8) is 0 Å². The van der Waals surface area contributed by atoms with E-state index in [1.54, 1.807) is 11.6 Å². The van der Waals surface area contributed by atoms with E-state index >= 15 is 0 Å². The second-order valence-corrected chi connectivity index (χ2v) is 6.01. The summed E-state index contributed by atoms with van der Waals surface area (Å²) in [6, 6.07) is 15.3. The number of pyridine rings is 1. The summed E-state index contributed by atoms with van der Waals surface area (Å²) in [5.74, 6) is 0.100. The molecule has 120 valence electrons. The molecule has 0 radical (unpaired) electrons. The Morgan fingerprint density at radius 2 is 1.83 bits per heavy atom. The molecule has 24 heavy (non-hydrogen) atoms. The Balaban J connectivity index is 2.06. The van der Waals surface area contributed by atoms with Gasteiger partial charge in [-0.15, -0.1) is 0 Å². The molecule has 0 bridgehead atoms. The fraction of sp³-hybridized carbons (Fsp3) is 0.158. The molecule has 1 aliphatic rings. The van der Waals surface area contributed by atoms with Crippen LogP contribution in [-0.4, -0.2) is 15.7 Å². The van der Waals surface area contributed by atoms with Crippen molar-refractivity contribution in [2.24, 2.45) is 12.2 Å². The second kappa shape index (κ2) is 5.23. The monoisotopic (exact) mass is 320 g/mol. The van der Waals surface area contributed by atoms with Gasteiger partial charge in [0.1, 0.15) is 5.75 Å². The summed E-state index contributed by atoms with van der Waals surface area (Å²) in [6.07, 6.45) is 0. The zero-order chi connectivity index (χ0) is 16.8. The Bertz CT molecular complexity index is 1030. The predicted octanol–water partition coefficient (Wildman–Crippen LogP) is 3.16. The summed E-state index contributed by atoms with van der Waals surface area (Å²) < 4.78 is 7.40. The van der Waals surface area contributed by atoms with Gasteiger partial charge in [0.15, 0.2) is 0 Å². The first kappa shape index (κ1) is 14.5. The number of para-hydroxylation sites is 1. The maximum absolute atomic E-state index is 12.9. The van der Waals surface area contributed by atoms with Crippen LogP contribution in [0.25, 0.3) is 10.9 Å². The van der Waals surface area contributed by atoms with Crippen LogP contribution in [-0.2, 0) is 7.05 Å². The van der Waals surface area contributed by atoms with Gasteiger partial charge in [0.2, 0.25) is 5.90 Å². The Kier molecular flexibility index (Phi) is 3.16. The molecule has 1 aromatic heterocycles. The summed E-state index contributed by atoms with van der Waals surface area (Å²) in [5, 5.41) is 13.5. The lowest BCUT2D eigenvalue weighted by atomic mass is 9.91. The minimum Gasteiger partial charge on any atom is -0.438 e. The number of benzene rings is 2. The third-order valence-electron chi connectivity index (χ3n) is 4.54. The average molecular weight is 320 g/mol. The fourth-order valence-corrected chi connectivity index (χ4v) is 3.29. The van der Waals surface area contributed by atoms with Crippen molar-refractivity contribution in [3.05, 3.63) is 75.6 Å². The number of rotatable bonds is 1. The molecular weight excluding hydrogens is 304 g/mol. The van der Waals surface area contributed by atoms with Crippen molar-refractivity contribution >= 4 is 16.8 Å². The van der Waals surface area contributed by atoms with Crippen LogP contribution in [0.1, 0.15) is 22.6 Å². The second-order valence-electron chi connectivity index (χ2n) is 6.01. The topological polar surface area (TPSA) is 63.8 Å². The molecule has 0 saturated carbocycles. The van der Waals surface area contributed by atoms with Crippen molar-refractivity contribution in [2.75, 3.05) is 0 Å². The van der Waals surface area contributed by atoms with Crippen LogP contribution in [0.5, 0.6) is 5.75 Å². The van der Waals surface area contributed by atoms with Crippen LogP contribution in [0, 0.1) is 6.92 Å². The maximum Gasteiger partial charge on any atom is 0.258 e. The van der Waals surface area contributed by atoms with E-state index in [2.05, 4.69) is 5.16 Å². The van der Waals surface area contributed by atoms with E-state index in [1.807, 2.05) is 55.5 Å². The number of hydrogen-bond donors (Lipinski definition) is 1. The summed E-state index contributed by atoms with van der Waals surface area (Å²) in [7, 11) is 1.74. The molecule has 0 saturated heterocycles. The molecule has 1 atom stereocenters. The lowest BCUT2D eigenvalue weighted by Crippen LogP contribution is -2.23. The number of fused-ring (bicyclic) bond motifs is 3. The Hall–Kier alpha value is -3.08. The molecule has 1 N–H and O–H groups in total. The number of oxime groups is 1. The Morgan fingerprint density at radius 3 is 2.54 bits per heavy atom. The van der Waals surface area contributed by atoms with Gasteiger partial charge in [0, 0.05) is 12.4 Å². The number of nitrogens with zero attached hydrogens (tertiary/aromatic N) is 2. The molecule has 0 spiro atoms. The first-order chi connectivity index (χ1) is 11.6. The zero-order valence-electron chi connectivity index (χ0n) is 13.4. The molecular formula is C19H16N2O3. The molecule has 5 nitrogen and oxygen atoms in total. The third-order valence-corrected chi connectivity index (χ3v) is 4.54. The SMILES string of the molecule is Cc1ccc(C2/C(=N\O)Oc3c2c(=O)n(C)c2ccccc32)cc1. The summed E-state index contributed by atoms with van der Waals surface area (Å²) in [5.41, 5.74) is 3.12. The highest BCUT2D eigenvalue weighted by Gasteiger charge is 2.38. The third kappa shape index (κ3) is 1.94. The first-order valence-corrected chi connectivity index (χ1v) is 7.70. The highest BCUT2D eigenvalue weighted by molar-refractivity contribution is 6.00. The maximum atomic E-state index is 12.9. The van der Waals surface area contributed by atoms with Crippen molar-refractivity contribution < 1.29 is 9.94 Å². The Morgan fingerprint density at radius 1 is 1.12 bits per heavy atom. The lowest BCUT2D eigenvalue weighted by molar-refractivity contribution is 0.303. The van der Waals surface area contributed by atoms with Crippen LogP contribution in [0.4, 0.5) is 0 Å². The van der Waals surface area contributed by atoms with Gasteiger partial charge in [-0.3, -0.25) is 4.79 Å². The standard InChI is InChI=1S/C19H16N2O3/c1-11-7-9-12(10-8-11)15-16-17(24-18(15)20-23)13-5-3-4-6-14(13)21(2)19(16)22/h3-10,15,23H,1-2H3/b20-18+. The van der Waals surface area contributed by atoms with Gasteiger partial charge < -0.3 is 14.5 Å². The van der Waals surface area contributed by atoms with E-state index in [-0.39, 0.29) is 11.5 Å². The number of hydrogen-bond acceptors (Lipinski definition) is 4. The molecule has 4 rings (SSSR count). The van der Waals surface area contributed by atoms with Gasteiger partial charge >= 0.3 is 0 Å². The zero-order valence-corrected chi connectivity index (χ0v) is 13.4. The van der Waals surface area contributed by atoms with E-state index in [0.29, 0.717) is 11.3 Å². The smallest absolute Gasteiger partial charge is 0.258 e. The molecule has 5 heteroatoms. The predicted molar refractivity (Wildman–Crippen MR) is 92.1 cm³/mol. The highest BCUT2D eigenvalue weighted by Crippen LogP contribution is 2.41. The fourth-order valence-electron chi connectivity index (χ4n) is 3.29. The number of aromatic nitrogens is 1. The Labute approximate surface area is 138 Å². The van der Waals surface area contributed by atoms with Crippen LogP contribution in [0.3, 0.4) is 0 Å². The summed E-state index contributed by atoms with van der Waals surface area (Å²) >= 11 is 0. The quantitative estimate of drug-likeness (QED) is 0.553. The lowest BCUT2D eigenvalue weighted by Gasteiger charge is -2.11. The van der Waals surface area contributed by atoms with Gasteiger partial charge in [-0.25, -0.2) is 0 Å². The van der Waals surface area contributed by atoms with Crippen LogP contribution < -0.4 is 10.3 Å². The normalized spacial score (nSPS) is 17.9. The molecule has 1 aliphatic heterocycles. The van der Waals surface area contributed by atoms with Gasteiger partial charge in [0.05, 0.1) is 17.0 Å². The van der Waals surface area contributed by atoms with Crippen molar-refractivity contribution in [1.29, 1.82) is 0 Å². The average Bonchev–Trinajstić information content (AvgIpc) is 3.00. The highest BCUT2D eigenvalue weighted by atomic mass is 16.5. The van der Waals surface area contributed by atoms with Gasteiger partial charge in [-0.2, -0.15) is 0 Å². The van der Waals surface area contributed by atoms with E-state index in [0.717, 1.165) is 22.0 Å². The van der Waals surface area contributed by atoms with Crippen LogP contribution in [0.2, 0.25) is 0 Å². The molecule has 0 amide bonds. The first-order valence-electron chi connectivity index (χ1n) is 7.70. The van der Waals surface area contributed by atoms with Crippen LogP contribution in [0.15, 0.2) is 58.5 Å². The molecule has 1 unspecified atom stereocenters.